The van der Waals surface area contributed by atoms with Crippen molar-refractivity contribution in [3.8, 4) is 0 Å². The van der Waals surface area contributed by atoms with Crippen molar-refractivity contribution in [2.75, 3.05) is 26.7 Å². The summed E-state index contributed by atoms with van der Waals surface area (Å²) in [5, 5.41) is 3.35. The average molecular weight is 341 g/mol. The van der Waals surface area contributed by atoms with Crippen molar-refractivity contribution in [2.45, 2.75) is 18.5 Å². The molecule has 0 aliphatic carbocycles. The van der Waals surface area contributed by atoms with Crippen LogP contribution in [0.4, 0.5) is 4.79 Å². The van der Waals surface area contributed by atoms with Gasteiger partial charge in [0.2, 0.25) is 5.91 Å². The number of benzene rings is 1. The van der Waals surface area contributed by atoms with Crippen LogP contribution in [-0.4, -0.2) is 63.5 Å². The molecule has 4 rings (SSSR count). The Bertz CT molecular complexity index is 916. The van der Waals surface area contributed by atoms with Gasteiger partial charge in [-0.05, 0) is 12.1 Å². The highest BCUT2D eigenvalue weighted by molar-refractivity contribution is 5.81. The number of nitrogens with zero attached hydrogens (tertiary/aromatic N) is 4. The highest BCUT2D eigenvalue weighted by Gasteiger charge is 2.53. The second kappa shape index (κ2) is 5.58. The number of urea groups is 1. The van der Waals surface area contributed by atoms with E-state index in [0.717, 1.165) is 0 Å². The fourth-order valence-corrected chi connectivity index (χ4v) is 3.50. The Hall–Kier alpha value is -2.90. The zero-order valence-electron chi connectivity index (χ0n) is 13.9. The second-order valence-electron chi connectivity index (χ2n) is 6.70. The van der Waals surface area contributed by atoms with Crippen LogP contribution < -0.4 is 10.9 Å². The van der Waals surface area contributed by atoms with E-state index in [1.165, 1.54) is 10.9 Å². The number of hydrogen-bond acceptors (Lipinski definition) is 4. The molecule has 2 aliphatic rings. The van der Waals surface area contributed by atoms with Gasteiger partial charge in [-0.2, -0.15) is 0 Å². The SMILES string of the molecule is CN1C(=O)NCC12CN(C(=O)CCn1cnc3ccccc3c1=O)C2. The summed E-state index contributed by atoms with van der Waals surface area (Å²) in [4.78, 5) is 44.0. The van der Waals surface area contributed by atoms with E-state index < -0.39 is 0 Å². The molecule has 1 aromatic carbocycles. The molecule has 2 aromatic rings. The van der Waals surface area contributed by atoms with Crippen LogP contribution in [0.1, 0.15) is 6.42 Å². The molecule has 0 saturated carbocycles. The Balaban J connectivity index is 1.40. The number of rotatable bonds is 3. The van der Waals surface area contributed by atoms with Gasteiger partial charge in [-0.15, -0.1) is 0 Å². The van der Waals surface area contributed by atoms with Crippen LogP contribution in [0.5, 0.6) is 0 Å². The fraction of sp³-hybridized carbons (Fsp3) is 0.412. The summed E-state index contributed by atoms with van der Waals surface area (Å²) in [6, 6.07) is 7.07. The predicted octanol–water partition coefficient (Wildman–Crippen LogP) is 0.0226. The monoisotopic (exact) mass is 341 g/mol. The molecule has 0 bridgehead atoms. The van der Waals surface area contributed by atoms with Gasteiger partial charge in [0, 0.05) is 39.6 Å². The quantitative estimate of drug-likeness (QED) is 0.853. The lowest BCUT2D eigenvalue weighted by Crippen LogP contribution is -2.70. The molecule has 3 amide bonds. The van der Waals surface area contributed by atoms with Crippen LogP contribution in [0, 0.1) is 0 Å². The maximum absolute atomic E-state index is 12.4. The molecule has 1 spiro atoms. The van der Waals surface area contributed by atoms with Gasteiger partial charge in [0.15, 0.2) is 0 Å². The first-order valence-electron chi connectivity index (χ1n) is 8.24. The highest BCUT2D eigenvalue weighted by atomic mass is 16.2. The van der Waals surface area contributed by atoms with Crippen LogP contribution in [-0.2, 0) is 11.3 Å². The maximum atomic E-state index is 12.4. The molecule has 2 fully saturated rings. The van der Waals surface area contributed by atoms with E-state index in [-0.39, 0.29) is 29.5 Å². The third kappa shape index (κ3) is 2.45. The van der Waals surface area contributed by atoms with Gasteiger partial charge in [0.1, 0.15) is 0 Å². The number of amides is 3. The normalized spacial score (nSPS) is 18.5. The fourth-order valence-electron chi connectivity index (χ4n) is 3.50. The Morgan fingerprint density at radius 3 is 2.76 bits per heavy atom. The van der Waals surface area contributed by atoms with E-state index in [9.17, 15) is 14.4 Å². The van der Waals surface area contributed by atoms with Crippen LogP contribution in [0.3, 0.4) is 0 Å². The Morgan fingerprint density at radius 2 is 2.04 bits per heavy atom. The van der Waals surface area contributed by atoms with Gasteiger partial charge in [0.25, 0.3) is 5.56 Å². The summed E-state index contributed by atoms with van der Waals surface area (Å²) in [5.41, 5.74) is 0.249. The van der Waals surface area contributed by atoms with Gasteiger partial charge in [-0.1, -0.05) is 12.1 Å². The van der Waals surface area contributed by atoms with Gasteiger partial charge in [0.05, 0.1) is 22.8 Å². The van der Waals surface area contributed by atoms with Crippen molar-refractivity contribution in [3.63, 3.8) is 0 Å². The average Bonchev–Trinajstić information content (AvgIpc) is 2.89. The molecule has 8 nitrogen and oxygen atoms in total. The van der Waals surface area contributed by atoms with Crippen molar-refractivity contribution in [3.05, 3.63) is 40.9 Å². The number of carbonyl (C=O) groups excluding carboxylic acids is 2. The number of likely N-dealkylation sites (N-methyl/N-ethyl adjacent to an activating group) is 1. The molecule has 0 unspecified atom stereocenters. The zero-order chi connectivity index (χ0) is 17.6. The standard InChI is InChI=1S/C17H19N5O3/c1-20-16(25)18-8-17(20)9-22(10-17)14(23)6-7-21-11-19-13-5-3-2-4-12(13)15(21)24/h2-5,11H,6-10H2,1H3,(H,18,25). The third-order valence-corrected chi connectivity index (χ3v) is 5.21. The second-order valence-corrected chi connectivity index (χ2v) is 6.70. The lowest BCUT2D eigenvalue weighted by molar-refractivity contribution is -0.142. The van der Waals surface area contributed by atoms with Crippen LogP contribution in [0.15, 0.2) is 35.4 Å². The summed E-state index contributed by atoms with van der Waals surface area (Å²) in [6.45, 7) is 1.93. The van der Waals surface area contributed by atoms with E-state index in [1.807, 2.05) is 6.07 Å². The molecule has 1 aromatic heterocycles. The van der Waals surface area contributed by atoms with Gasteiger partial charge >= 0.3 is 6.03 Å². The minimum atomic E-state index is -0.270. The summed E-state index contributed by atoms with van der Waals surface area (Å²) in [6.07, 6.45) is 1.73. The predicted molar refractivity (Wildman–Crippen MR) is 91.1 cm³/mol. The van der Waals surface area contributed by atoms with Crippen LogP contribution in [0.25, 0.3) is 10.9 Å². The highest BCUT2D eigenvalue weighted by Crippen LogP contribution is 2.30. The lowest BCUT2D eigenvalue weighted by Gasteiger charge is -2.50. The summed E-state index contributed by atoms with van der Waals surface area (Å²) >= 11 is 0. The summed E-state index contributed by atoms with van der Waals surface area (Å²) in [7, 11) is 1.75. The number of fused-ring (bicyclic) bond motifs is 1. The number of likely N-dealkylation sites (tertiary alicyclic amines) is 1. The number of nitrogens with one attached hydrogen (secondary N) is 1. The Kier molecular flexibility index (Phi) is 3.48. The van der Waals surface area contributed by atoms with Crippen molar-refractivity contribution in [1.82, 2.24) is 24.7 Å². The molecular weight excluding hydrogens is 322 g/mol. The number of aromatic nitrogens is 2. The summed E-state index contributed by atoms with van der Waals surface area (Å²) < 4.78 is 1.47. The molecule has 25 heavy (non-hydrogen) atoms. The number of para-hydroxylation sites is 1. The third-order valence-electron chi connectivity index (χ3n) is 5.21. The largest absolute Gasteiger partial charge is 0.338 e. The van der Waals surface area contributed by atoms with E-state index >= 15 is 0 Å². The first kappa shape index (κ1) is 15.6. The number of carbonyl (C=O) groups is 2. The molecule has 3 heterocycles. The molecule has 130 valence electrons. The van der Waals surface area contributed by atoms with E-state index in [4.69, 9.17) is 0 Å². The van der Waals surface area contributed by atoms with E-state index in [2.05, 4.69) is 10.3 Å². The maximum Gasteiger partial charge on any atom is 0.317 e. The topological polar surface area (TPSA) is 87.5 Å². The Morgan fingerprint density at radius 1 is 1.28 bits per heavy atom. The van der Waals surface area contributed by atoms with Gasteiger partial charge in [-0.25, -0.2) is 9.78 Å². The smallest absolute Gasteiger partial charge is 0.317 e. The molecule has 1 N–H and O–H groups in total. The first-order valence-corrected chi connectivity index (χ1v) is 8.24. The molecule has 2 aliphatic heterocycles. The summed E-state index contributed by atoms with van der Waals surface area (Å²) in [5.74, 6) is -0.0153. The lowest BCUT2D eigenvalue weighted by atomic mass is 9.89. The molecule has 8 heteroatoms. The molecular formula is C17H19N5O3. The van der Waals surface area contributed by atoms with Crippen molar-refractivity contribution >= 4 is 22.8 Å². The molecule has 0 radical (unpaired) electrons. The number of aryl methyl sites for hydroxylation is 1. The minimum absolute atomic E-state index is 0.0153. The minimum Gasteiger partial charge on any atom is -0.338 e. The zero-order valence-corrected chi connectivity index (χ0v) is 13.9. The van der Waals surface area contributed by atoms with Crippen molar-refractivity contribution < 1.29 is 9.59 Å². The van der Waals surface area contributed by atoms with Gasteiger partial charge in [-0.3, -0.25) is 14.2 Å². The van der Waals surface area contributed by atoms with Crippen LogP contribution >= 0.6 is 0 Å². The first-order chi connectivity index (χ1) is 12.0. The van der Waals surface area contributed by atoms with Gasteiger partial charge < -0.3 is 15.1 Å². The van der Waals surface area contributed by atoms with Crippen molar-refractivity contribution in [2.24, 2.45) is 0 Å². The van der Waals surface area contributed by atoms with Crippen molar-refractivity contribution in [1.29, 1.82) is 0 Å². The number of hydrogen-bond donors (Lipinski definition) is 1. The molecule has 0 atom stereocenters. The molecule has 2 saturated heterocycles. The van der Waals surface area contributed by atoms with E-state index in [1.54, 1.807) is 35.0 Å². The van der Waals surface area contributed by atoms with Crippen LogP contribution in [0.2, 0.25) is 0 Å². The Labute approximate surface area is 144 Å². The van der Waals surface area contributed by atoms with E-state index in [0.29, 0.717) is 37.1 Å².